The van der Waals surface area contributed by atoms with Crippen LogP contribution in [0.3, 0.4) is 0 Å². The quantitative estimate of drug-likeness (QED) is 0.309. The molecular weight excluding hydrogens is 517 g/mol. The number of nitrogens with two attached hydrogens (primary N) is 1. The maximum atomic E-state index is 13.7. The fraction of sp³-hybridized carbons (Fsp3) is 0.206. The van der Waals surface area contributed by atoms with Gasteiger partial charge in [0.1, 0.15) is 18.0 Å². The first-order valence-electron chi connectivity index (χ1n) is 13.5. The Morgan fingerprint density at radius 1 is 0.927 bits per heavy atom. The highest BCUT2D eigenvalue weighted by molar-refractivity contribution is 5.96. The van der Waals surface area contributed by atoms with Gasteiger partial charge in [-0.05, 0) is 89.5 Å². The van der Waals surface area contributed by atoms with E-state index < -0.39 is 17.6 Å². The zero-order valence-corrected chi connectivity index (χ0v) is 22.7. The lowest BCUT2D eigenvalue weighted by molar-refractivity contribution is -0.150. The number of benzene rings is 4. The van der Waals surface area contributed by atoms with E-state index in [-0.39, 0.29) is 18.3 Å². The van der Waals surface area contributed by atoms with Crippen molar-refractivity contribution in [2.75, 3.05) is 0 Å². The van der Waals surface area contributed by atoms with Crippen LogP contribution in [0, 0.1) is 17.1 Å². The molecule has 0 radical (unpaired) electrons. The zero-order valence-electron chi connectivity index (χ0n) is 22.7. The van der Waals surface area contributed by atoms with E-state index in [2.05, 4.69) is 11.4 Å². The van der Waals surface area contributed by atoms with Gasteiger partial charge in [0.15, 0.2) is 0 Å². The Hall–Kier alpha value is -4.80. The van der Waals surface area contributed by atoms with E-state index in [0.29, 0.717) is 47.1 Å². The van der Waals surface area contributed by atoms with Gasteiger partial charge in [-0.3, -0.25) is 9.59 Å². The number of cyclic esters (lactones) is 1. The Balaban J connectivity index is 1.59. The van der Waals surface area contributed by atoms with Gasteiger partial charge in [0.25, 0.3) is 5.91 Å². The smallest absolute Gasteiger partial charge is 0.326 e. The third-order valence-electron chi connectivity index (χ3n) is 7.31. The second-order valence-electron chi connectivity index (χ2n) is 10.7. The summed E-state index contributed by atoms with van der Waals surface area (Å²) < 4.78 is 19.4. The van der Waals surface area contributed by atoms with Crippen LogP contribution in [-0.4, -0.2) is 17.4 Å². The Morgan fingerprint density at radius 3 is 2.44 bits per heavy atom. The third-order valence-corrected chi connectivity index (χ3v) is 7.31. The largest absolute Gasteiger partial charge is 0.459 e. The monoisotopic (exact) mass is 547 g/mol. The highest BCUT2D eigenvalue weighted by Gasteiger charge is 2.31. The molecular formula is C34H30FN3O3. The fourth-order valence-corrected chi connectivity index (χ4v) is 5.17. The normalized spacial score (nSPS) is 19.5. The fourth-order valence-electron chi connectivity index (χ4n) is 5.17. The predicted molar refractivity (Wildman–Crippen MR) is 154 cm³/mol. The molecule has 0 fully saturated rings. The molecule has 41 heavy (non-hydrogen) atoms. The Kier molecular flexibility index (Phi) is 7.95. The van der Waals surface area contributed by atoms with Crippen LogP contribution in [0.15, 0.2) is 91.0 Å². The number of hydrogen-bond acceptors (Lipinski definition) is 5. The Labute approximate surface area is 238 Å². The molecule has 1 aliphatic rings. The van der Waals surface area contributed by atoms with E-state index in [9.17, 15) is 19.2 Å². The van der Waals surface area contributed by atoms with Gasteiger partial charge in [0.2, 0.25) is 0 Å². The lowest BCUT2D eigenvalue weighted by Crippen LogP contribution is -2.48. The van der Waals surface area contributed by atoms with Crippen molar-refractivity contribution in [1.29, 1.82) is 5.26 Å². The standard InChI is InChI=1S/C34H30FN3O3/c1-34(37)19-23-6-4-5-22(15-23)9-14-31(25-10-12-29(35)13-11-25)38-32(39)28-17-24(21-41-33(34)40)16-27(18-28)30-8-3-2-7-26(30)20-36/h2-8,10-13,15-18,31H,9,14,19,21,37H2,1H3,(H,38,39). The van der Waals surface area contributed by atoms with Crippen LogP contribution >= 0.6 is 0 Å². The van der Waals surface area contributed by atoms with Crippen molar-refractivity contribution in [3.63, 3.8) is 0 Å². The summed E-state index contributed by atoms with van der Waals surface area (Å²) in [6, 6.07) is 28.1. The first-order chi connectivity index (χ1) is 19.7. The number of aryl methyl sites for hydroxylation is 1. The van der Waals surface area contributed by atoms with Gasteiger partial charge in [-0.2, -0.15) is 5.26 Å². The first kappa shape index (κ1) is 27.8. The number of nitriles is 1. The first-order valence-corrected chi connectivity index (χ1v) is 13.5. The summed E-state index contributed by atoms with van der Waals surface area (Å²) in [6.07, 6.45) is 1.48. The highest BCUT2D eigenvalue weighted by atomic mass is 19.1. The average Bonchev–Trinajstić information content (AvgIpc) is 2.97. The van der Waals surface area contributed by atoms with Gasteiger partial charge in [-0.15, -0.1) is 0 Å². The molecule has 4 aromatic rings. The van der Waals surface area contributed by atoms with Gasteiger partial charge in [0, 0.05) is 12.0 Å². The highest BCUT2D eigenvalue weighted by Crippen LogP contribution is 2.28. The van der Waals surface area contributed by atoms with Gasteiger partial charge >= 0.3 is 5.97 Å². The number of halogens is 1. The summed E-state index contributed by atoms with van der Waals surface area (Å²) in [4.78, 5) is 26.8. The van der Waals surface area contributed by atoms with Crippen molar-refractivity contribution in [3.05, 3.63) is 130 Å². The molecule has 0 saturated heterocycles. The number of ether oxygens (including phenoxy) is 1. The number of rotatable bonds is 2. The lowest BCUT2D eigenvalue weighted by atomic mass is 9.91. The summed E-state index contributed by atoms with van der Waals surface area (Å²) in [5, 5.41) is 12.8. The minimum atomic E-state index is -1.27. The van der Waals surface area contributed by atoms with Crippen LogP contribution in [0.25, 0.3) is 11.1 Å². The maximum Gasteiger partial charge on any atom is 0.326 e. The van der Waals surface area contributed by atoms with Crippen molar-refractivity contribution in [3.8, 4) is 17.2 Å². The number of carbonyl (C=O) groups is 2. The Morgan fingerprint density at radius 2 is 1.66 bits per heavy atom. The van der Waals surface area contributed by atoms with E-state index in [4.69, 9.17) is 10.5 Å². The number of nitrogens with one attached hydrogen (secondary N) is 1. The van der Waals surface area contributed by atoms with Crippen molar-refractivity contribution >= 4 is 11.9 Å². The van der Waals surface area contributed by atoms with Crippen LogP contribution < -0.4 is 11.1 Å². The van der Waals surface area contributed by atoms with Crippen molar-refractivity contribution in [2.24, 2.45) is 5.73 Å². The molecule has 5 rings (SSSR count). The minimum Gasteiger partial charge on any atom is -0.459 e. The van der Waals surface area contributed by atoms with E-state index in [1.54, 1.807) is 49.4 Å². The number of hydrogen-bond donors (Lipinski definition) is 2. The van der Waals surface area contributed by atoms with Gasteiger partial charge in [-0.25, -0.2) is 4.39 Å². The van der Waals surface area contributed by atoms with Gasteiger partial charge < -0.3 is 15.8 Å². The summed E-state index contributed by atoms with van der Waals surface area (Å²) in [5.74, 6) is -1.25. The van der Waals surface area contributed by atoms with Crippen molar-refractivity contribution in [1.82, 2.24) is 5.32 Å². The van der Waals surface area contributed by atoms with E-state index in [1.807, 2.05) is 36.4 Å². The number of fused-ring (bicyclic) bond motifs is 4. The van der Waals surface area contributed by atoms with Crippen LogP contribution in [0.2, 0.25) is 0 Å². The number of amides is 1. The van der Waals surface area contributed by atoms with Crippen LogP contribution in [0.4, 0.5) is 4.39 Å². The molecule has 1 heterocycles. The molecule has 1 aliphatic heterocycles. The topological polar surface area (TPSA) is 105 Å². The third kappa shape index (κ3) is 6.51. The number of nitrogens with zero attached hydrogens (tertiary/aromatic N) is 1. The molecule has 0 aliphatic carbocycles. The molecule has 2 unspecified atom stereocenters. The molecule has 0 saturated carbocycles. The van der Waals surface area contributed by atoms with E-state index in [1.165, 1.54) is 12.1 Å². The molecule has 4 aromatic carbocycles. The summed E-state index contributed by atoms with van der Waals surface area (Å²) in [5.41, 5.74) is 10.6. The van der Waals surface area contributed by atoms with Crippen LogP contribution in [0.1, 0.15) is 57.6 Å². The molecule has 0 spiro atoms. The van der Waals surface area contributed by atoms with Crippen molar-refractivity contribution in [2.45, 2.75) is 44.4 Å². The van der Waals surface area contributed by atoms with Gasteiger partial charge in [0.05, 0.1) is 17.7 Å². The number of carbonyl (C=O) groups excluding carboxylic acids is 2. The number of esters is 1. The SMILES string of the molecule is CC1(N)Cc2cccc(c2)CCC(c2ccc(F)cc2)NC(=O)c2cc(cc(-c3ccccc3C#N)c2)COC1=O. The molecule has 2 atom stereocenters. The second-order valence-corrected chi connectivity index (χ2v) is 10.7. The summed E-state index contributed by atoms with van der Waals surface area (Å²) >= 11 is 0. The summed E-state index contributed by atoms with van der Waals surface area (Å²) in [6.45, 7) is 1.55. The van der Waals surface area contributed by atoms with E-state index in [0.717, 1.165) is 16.7 Å². The zero-order chi connectivity index (χ0) is 29.0. The molecule has 206 valence electrons. The Bertz CT molecular complexity index is 1640. The predicted octanol–water partition coefficient (Wildman–Crippen LogP) is 5.78. The van der Waals surface area contributed by atoms with Crippen LogP contribution in [-0.2, 0) is 29.0 Å². The molecule has 1 amide bonds. The lowest BCUT2D eigenvalue weighted by Gasteiger charge is -2.24. The van der Waals surface area contributed by atoms with Gasteiger partial charge in [-0.1, -0.05) is 54.6 Å². The second kappa shape index (κ2) is 11.7. The molecule has 7 heteroatoms. The van der Waals surface area contributed by atoms with E-state index >= 15 is 0 Å². The molecule has 0 aromatic heterocycles. The van der Waals surface area contributed by atoms with Crippen molar-refractivity contribution < 1.29 is 18.7 Å². The average molecular weight is 548 g/mol. The minimum absolute atomic E-state index is 0.101. The molecule has 3 N–H and O–H groups in total. The molecule has 4 bridgehead atoms. The summed E-state index contributed by atoms with van der Waals surface area (Å²) in [7, 11) is 0. The maximum absolute atomic E-state index is 13.7. The molecule has 6 nitrogen and oxygen atoms in total. The van der Waals surface area contributed by atoms with Crippen LogP contribution in [0.5, 0.6) is 0 Å².